The van der Waals surface area contributed by atoms with E-state index in [1.54, 1.807) is 6.07 Å². The molecule has 0 aliphatic heterocycles. The van der Waals surface area contributed by atoms with Gasteiger partial charge in [-0.2, -0.15) is 0 Å². The molecule has 1 aromatic heterocycles. The number of nitrogen functional groups attached to an aromatic ring is 1. The van der Waals surface area contributed by atoms with Gasteiger partial charge in [0.05, 0.1) is 5.69 Å². The normalized spacial score (nSPS) is 14.1. The SMILES string of the molecule is CCC(C)CC(C)NC(=O)c1sc2ccc(F)cc2c1N. The Morgan fingerprint density at radius 1 is 1.43 bits per heavy atom. The minimum Gasteiger partial charge on any atom is -0.397 e. The summed E-state index contributed by atoms with van der Waals surface area (Å²) in [6.45, 7) is 6.30. The van der Waals surface area contributed by atoms with Gasteiger partial charge in [-0.3, -0.25) is 4.79 Å². The average Bonchev–Trinajstić information content (AvgIpc) is 2.75. The maximum atomic E-state index is 13.3. The van der Waals surface area contributed by atoms with Crippen molar-refractivity contribution in [1.82, 2.24) is 5.32 Å². The molecule has 1 aromatic carbocycles. The molecular weight excluding hydrogens is 287 g/mol. The summed E-state index contributed by atoms with van der Waals surface area (Å²) in [7, 11) is 0. The van der Waals surface area contributed by atoms with Crippen molar-refractivity contribution in [1.29, 1.82) is 0 Å². The Labute approximate surface area is 128 Å². The zero-order valence-electron chi connectivity index (χ0n) is 12.6. The number of hydrogen-bond donors (Lipinski definition) is 2. The van der Waals surface area contributed by atoms with Crippen LogP contribution in [0.2, 0.25) is 0 Å². The number of amides is 1. The molecule has 2 unspecified atom stereocenters. The molecule has 21 heavy (non-hydrogen) atoms. The third-order valence-corrected chi connectivity index (χ3v) is 4.91. The molecule has 0 spiro atoms. The summed E-state index contributed by atoms with van der Waals surface area (Å²) in [6.07, 6.45) is 2.02. The Kier molecular flexibility index (Phi) is 4.83. The molecule has 3 N–H and O–H groups in total. The van der Waals surface area contributed by atoms with Crippen molar-refractivity contribution in [2.24, 2.45) is 5.92 Å². The fraction of sp³-hybridized carbons (Fsp3) is 0.438. The lowest BCUT2D eigenvalue weighted by Gasteiger charge is -2.17. The molecule has 2 rings (SSSR count). The third kappa shape index (κ3) is 3.53. The molecule has 0 fully saturated rings. The highest BCUT2D eigenvalue weighted by Gasteiger charge is 2.19. The van der Waals surface area contributed by atoms with Crippen molar-refractivity contribution in [3.63, 3.8) is 0 Å². The van der Waals surface area contributed by atoms with Gasteiger partial charge in [-0.1, -0.05) is 20.3 Å². The maximum Gasteiger partial charge on any atom is 0.263 e. The standard InChI is InChI=1S/C16H21FN2OS/c1-4-9(2)7-10(3)19-16(20)15-14(18)12-8-11(17)5-6-13(12)21-15/h5-6,8-10H,4,7,18H2,1-3H3,(H,19,20). The minimum absolute atomic E-state index is 0.0915. The van der Waals surface area contributed by atoms with E-state index in [9.17, 15) is 9.18 Å². The third-order valence-electron chi connectivity index (χ3n) is 3.72. The summed E-state index contributed by atoms with van der Waals surface area (Å²) in [6, 6.07) is 4.51. The summed E-state index contributed by atoms with van der Waals surface area (Å²) in [5.41, 5.74) is 6.36. The van der Waals surface area contributed by atoms with Crippen LogP contribution in [-0.2, 0) is 0 Å². The molecule has 0 saturated carbocycles. The van der Waals surface area contributed by atoms with Crippen molar-refractivity contribution in [2.75, 3.05) is 5.73 Å². The lowest BCUT2D eigenvalue weighted by atomic mass is 10.0. The van der Waals surface area contributed by atoms with Gasteiger partial charge in [0.2, 0.25) is 0 Å². The highest BCUT2D eigenvalue weighted by atomic mass is 32.1. The fourth-order valence-electron chi connectivity index (χ4n) is 2.38. The van der Waals surface area contributed by atoms with E-state index >= 15 is 0 Å². The van der Waals surface area contributed by atoms with Crippen LogP contribution in [-0.4, -0.2) is 11.9 Å². The van der Waals surface area contributed by atoms with Crippen molar-refractivity contribution in [3.05, 3.63) is 28.9 Å². The summed E-state index contributed by atoms with van der Waals surface area (Å²) in [5.74, 6) is 0.0446. The number of halogens is 1. The van der Waals surface area contributed by atoms with Crippen LogP contribution in [0, 0.1) is 11.7 Å². The van der Waals surface area contributed by atoms with Crippen molar-refractivity contribution in [3.8, 4) is 0 Å². The average molecular weight is 308 g/mol. The van der Waals surface area contributed by atoms with Crippen LogP contribution in [0.1, 0.15) is 43.3 Å². The number of thiophene rings is 1. The predicted octanol–water partition coefficient (Wildman–Crippen LogP) is 4.18. The molecule has 1 heterocycles. The first-order valence-corrected chi connectivity index (χ1v) is 8.02. The lowest BCUT2D eigenvalue weighted by molar-refractivity contribution is 0.0940. The maximum absolute atomic E-state index is 13.3. The highest BCUT2D eigenvalue weighted by molar-refractivity contribution is 7.21. The predicted molar refractivity (Wildman–Crippen MR) is 87.2 cm³/mol. The molecule has 3 nitrogen and oxygen atoms in total. The summed E-state index contributed by atoms with van der Waals surface area (Å²) < 4.78 is 14.1. The van der Waals surface area contributed by atoms with Crippen LogP contribution >= 0.6 is 11.3 Å². The van der Waals surface area contributed by atoms with Crippen molar-refractivity contribution in [2.45, 2.75) is 39.7 Å². The number of carbonyl (C=O) groups is 1. The number of nitrogens with one attached hydrogen (secondary N) is 1. The molecular formula is C16H21FN2OS. The molecule has 5 heteroatoms. The monoisotopic (exact) mass is 308 g/mol. The number of benzene rings is 1. The van der Waals surface area contributed by atoms with Gasteiger partial charge in [0.1, 0.15) is 10.7 Å². The van der Waals surface area contributed by atoms with E-state index in [4.69, 9.17) is 5.73 Å². The molecule has 0 bridgehead atoms. The number of carbonyl (C=O) groups excluding carboxylic acids is 1. The second kappa shape index (κ2) is 6.43. The van der Waals surface area contributed by atoms with Crippen LogP contribution in [0.3, 0.4) is 0 Å². The number of anilines is 1. The van der Waals surface area contributed by atoms with Crippen LogP contribution in [0.5, 0.6) is 0 Å². The molecule has 2 aromatic rings. The van der Waals surface area contributed by atoms with Crippen LogP contribution in [0.25, 0.3) is 10.1 Å². The van der Waals surface area contributed by atoms with Gasteiger partial charge >= 0.3 is 0 Å². The Balaban J connectivity index is 2.18. The second-order valence-corrected chi connectivity index (χ2v) is 6.66. The van der Waals surface area contributed by atoms with Gasteiger partial charge < -0.3 is 11.1 Å². The topological polar surface area (TPSA) is 55.1 Å². The summed E-state index contributed by atoms with van der Waals surface area (Å²) >= 11 is 1.30. The largest absolute Gasteiger partial charge is 0.397 e. The first-order chi connectivity index (χ1) is 9.92. The van der Waals surface area contributed by atoms with Gasteiger partial charge in [0.15, 0.2) is 0 Å². The fourth-order valence-corrected chi connectivity index (χ4v) is 3.38. The zero-order valence-corrected chi connectivity index (χ0v) is 13.4. The van der Waals surface area contributed by atoms with Crippen LogP contribution in [0.15, 0.2) is 18.2 Å². The Hall–Kier alpha value is -1.62. The molecule has 0 aliphatic carbocycles. The van der Waals surface area contributed by atoms with E-state index in [2.05, 4.69) is 19.2 Å². The lowest BCUT2D eigenvalue weighted by Crippen LogP contribution is -2.33. The Morgan fingerprint density at radius 2 is 2.14 bits per heavy atom. The van der Waals surface area contributed by atoms with Crippen molar-refractivity contribution >= 4 is 33.0 Å². The van der Waals surface area contributed by atoms with E-state index in [1.165, 1.54) is 23.5 Å². The summed E-state index contributed by atoms with van der Waals surface area (Å²) in [4.78, 5) is 12.8. The molecule has 114 valence electrons. The van der Waals surface area contributed by atoms with Crippen molar-refractivity contribution < 1.29 is 9.18 Å². The Bertz CT molecular complexity index is 653. The van der Waals surface area contributed by atoms with Gasteiger partial charge in [-0.25, -0.2) is 4.39 Å². The molecule has 1 amide bonds. The first-order valence-electron chi connectivity index (χ1n) is 7.20. The number of fused-ring (bicyclic) bond motifs is 1. The van der Waals surface area contributed by atoms with Gasteiger partial charge in [0.25, 0.3) is 5.91 Å². The van der Waals surface area contributed by atoms with Gasteiger partial charge in [-0.05, 0) is 37.5 Å². The smallest absolute Gasteiger partial charge is 0.263 e. The van der Waals surface area contributed by atoms with E-state index in [0.717, 1.165) is 17.5 Å². The molecule has 0 radical (unpaired) electrons. The number of rotatable bonds is 5. The van der Waals surface area contributed by atoms with E-state index in [0.29, 0.717) is 21.9 Å². The van der Waals surface area contributed by atoms with Gasteiger partial charge in [0, 0.05) is 16.1 Å². The minimum atomic E-state index is -0.343. The van der Waals surface area contributed by atoms with Crippen LogP contribution in [0.4, 0.5) is 10.1 Å². The highest BCUT2D eigenvalue weighted by Crippen LogP contribution is 2.34. The number of hydrogen-bond acceptors (Lipinski definition) is 3. The first kappa shape index (κ1) is 15.8. The van der Waals surface area contributed by atoms with E-state index in [1.807, 2.05) is 6.92 Å². The molecule has 2 atom stereocenters. The van der Waals surface area contributed by atoms with E-state index in [-0.39, 0.29) is 17.8 Å². The summed E-state index contributed by atoms with van der Waals surface area (Å²) in [5, 5.41) is 3.59. The number of nitrogens with two attached hydrogens (primary N) is 1. The van der Waals surface area contributed by atoms with Crippen LogP contribution < -0.4 is 11.1 Å². The Morgan fingerprint density at radius 3 is 2.81 bits per heavy atom. The quantitative estimate of drug-likeness (QED) is 0.870. The molecule has 0 aliphatic rings. The zero-order chi connectivity index (χ0) is 15.6. The molecule has 0 saturated heterocycles. The van der Waals surface area contributed by atoms with E-state index < -0.39 is 0 Å². The second-order valence-electron chi connectivity index (χ2n) is 5.61. The van der Waals surface area contributed by atoms with Gasteiger partial charge in [-0.15, -0.1) is 11.3 Å².